The third-order valence-electron chi connectivity index (χ3n) is 2.56. The molecule has 1 aromatic rings. The highest BCUT2D eigenvalue weighted by molar-refractivity contribution is 5.91. The number of methoxy groups -OCH3 is 1. The smallest absolute Gasteiger partial charge is 0.163 e. The molecule has 0 bridgehead atoms. The maximum absolute atomic E-state index is 11.5. The quantitative estimate of drug-likeness (QED) is 0.765. The Bertz CT molecular complexity index is 435. The minimum absolute atomic E-state index is 0.0969. The van der Waals surface area contributed by atoms with Crippen molar-refractivity contribution in [2.45, 2.75) is 19.4 Å². The van der Waals surface area contributed by atoms with Gasteiger partial charge in [0.05, 0.1) is 19.3 Å². The maximum atomic E-state index is 11.5. The van der Waals surface area contributed by atoms with E-state index in [2.05, 4.69) is 0 Å². The number of rotatable bonds is 2. The molecule has 0 saturated carbocycles. The number of carbonyl (C=O) groups is 1. The van der Waals surface area contributed by atoms with Gasteiger partial charge in [0.1, 0.15) is 11.9 Å². The van der Waals surface area contributed by atoms with E-state index in [9.17, 15) is 4.79 Å². The van der Waals surface area contributed by atoms with Crippen LogP contribution in [-0.4, -0.2) is 12.9 Å². The van der Waals surface area contributed by atoms with Gasteiger partial charge in [0, 0.05) is 11.6 Å². The number of benzene rings is 1. The van der Waals surface area contributed by atoms with Gasteiger partial charge in [-0.2, -0.15) is 0 Å². The summed E-state index contributed by atoms with van der Waals surface area (Å²) in [5, 5.41) is 0. The molecule has 84 valence electrons. The van der Waals surface area contributed by atoms with Crippen molar-refractivity contribution in [3.05, 3.63) is 41.7 Å². The van der Waals surface area contributed by atoms with Gasteiger partial charge in [0.25, 0.3) is 0 Å². The normalized spacial score (nSPS) is 20.0. The van der Waals surface area contributed by atoms with E-state index < -0.39 is 0 Å². The summed E-state index contributed by atoms with van der Waals surface area (Å²) in [7, 11) is 1.62. The zero-order valence-electron chi connectivity index (χ0n) is 9.40. The van der Waals surface area contributed by atoms with Crippen LogP contribution in [0.3, 0.4) is 0 Å². The Morgan fingerprint density at radius 2 is 2.12 bits per heavy atom. The van der Waals surface area contributed by atoms with Crippen LogP contribution in [0.1, 0.15) is 25.0 Å². The summed E-state index contributed by atoms with van der Waals surface area (Å²) >= 11 is 0. The SMILES string of the molecule is COc1ccccc1C1CC(=O)C=C(C)O1. The monoisotopic (exact) mass is 218 g/mol. The summed E-state index contributed by atoms with van der Waals surface area (Å²) in [5.74, 6) is 1.52. The molecule has 1 aromatic carbocycles. The lowest BCUT2D eigenvalue weighted by Gasteiger charge is -2.24. The maximum Gasteiger partial charge on any atom is 0.163 e. The molecule has 1 aliphatic rings. The predicted octanol–water partition coefficient (Wildman–Crippen LogP) is 2.63. The zero-order chi connectivity index (χ0) is 11.5. The van der Waals surface area contributed by atoms with E-state index in [0.717, 1.165) is 11.3 Å². The van der Waals surface area contributed by atoms with Crippen LogP contribution in [0.5, 0.6) is 5.75 Å². The lowest BCUT2D eigenvalue weighted by atomic mass is 10.0. The average molecular weight is 218 g/mol. The number of para-hydroxylation sites is 1. The fourth-order valence-electron chi connectivity index (χ4n) is 1.87. The van der Waals surface area contributed by atoms with E-state index in [1.165, 1.54) is 6.08 Å². The van der Waals surface area contributed by atoms with Crippen molar-refractivity contribution in [2.24, 2.45) is 0 Å². The second-order valence-electron chi connectivity index (χ2n) is 3.77. The summed E-state index contributed by atoms with van der Waals surface area (Å²) in [5.41, 5.74) is 0.922. The molecular weight excluding hydrogens is 204 g/mol. The highest BCUT2D eigenvalue weighted by Crippen LogP contribution is 2.33. The molecule has 2 rings (SSSR count). The Morgan fingerprint density at radius 3 is 2.81 bits per heavy atom. The van der Waals surface area contributed by atoms with E-state index in [1.54, 1.807) is 14.0 Å². The van der Waals surface area contributed by atoms with Crippen molar-refractivity contribution in [2.75, 3.05) is 7.11 Å². The van der Waals surface area contributed by atoms with Gasteiger partial charge in [0.15, 0.2) is 5.78 Å². The number of carbonyl (C=O) groups excluding carboxylic acids is 1. The fourth-order valence-corrected chi connectivity index (χ4v) is 1.87. The van der Waals surface area contributed by atoms with Crippen LogP contribution in [0.2, 0.25) is 0 Å². The van der Waals surface area contributed by atoms with E-state index in [1.807, 2.05) is 24.3 Å². The Labute approximate surface area is 94.7 Å². The van der Waals surface area contributed by atoms with Crippen LogP contribution < -0.4 is 4.74 Å². The van der Waals surface area contributed by atoms with Gasteiger partial charge in [-0.25, -0.2) is 0 Å². The fraction of sp³-hybridized carbons (Fsp3) is 0.308. The molecule has 3 heteroatoms. The third-order valence-corrected chi connectivity index (χ3v) is 2.56. The number of hydrogen-bond donors (Lipinski definition) is 0. The minimum Gasteiger partial charge on any atom is -0.496 e. The molecule has 1 unspecified atom stereocenters. The standard InChI is InChI=1S/C13H14O3/c1-9-7-10(14)8-13(16-9)11-5-3-4-6-12(11)15-2/h3-7,13H,8H2,1-2H3. The van der Waals surface area contributed by atoms with E-state index in [0.29, 0.717) is 12.2 Å². The Morgan fingerprint density at radius 1 is 1.38 bits per heavy atom. The first-order chi connectivity index (χ1) is 7.70. The van der Waals surface area contributed by atoms with Crippen LogP contribution in [-0.2, 0) is 9.53 Å². The number of ketones is 1. The van der Waals surface area contributed by atoms with Crippen LogP contribution in [0.25, 0.3) is 0 Å². The lowest BCUT2D eigenvalue weighted by Crippen LogP contribution is -2.15. The molecule has 0 N–H and O–H groups in total. The Hall–Kier alpha value is -1.77. The van der Waals surface area contributed by atoms with Crippen molar-refractivity contribution in [3.8, 4) is 5.75 Å². The molecule has 1 heterocycles. The van der Waals surface area contributed by atoms with Gasteiger partial charge in [-0.1, -0.05) is 18.2 Å². The van der Waals surface area contributed by atoms with Crippen molar-refractivity contribution in [1.29, 1.82) is 0 Å². The molecule has 3 nitrogen and oxygen atoms in total. The first-order valence-electron chi connectivity index (χ1n) is 5.21. The molecule has 0 radical (unpaired) electrons. The highest BCUT2D eigenvalue weighted by atomic mass is 16.5. The van der Waals surface area contributed by atoms with Crippen LogP contribution >= 0.6 is 0 Å². The number of hydrogen-bond acceptors (Lipinski definition) is 3. The lowest BCUT2D eigenvalue weighted by molar-refractivity contribution is -0.118. The molecule has 16 heavy (non-hydrogen) atoms. The molecule has 0 spiro atoms. The van der Waals surface area contributed by atoms with Gasteiger partial charge in [-0.05, 0) is 13.0 Å². The first kappa shape index (κ1) is 10.7. The van der Waals surface area contributed by atoms with E-state index in [-0.39, 0.29) is 11.9 Å². The van der Waals surface area contributed by atoms with Crippen molar-refractivity contribution >= 4 is 5.78 Å². The first-order valence-corrected chi connectivity index (χ1v) is 5.21. The number of allylic oxidation sites excluding steroid dienone is 2. The summed E-state index contributed by atoms with van der Waals surface area (Å²) < 4.78 is 10.9. The summed E-state index contributed by atoms with van der Waals surface area (Å²) in [4.78, 5) is 11.5. The molecule has 1 aliphatic heterocycles. The van der Waals surface area contributed by atoms with Crippen molar-refractivity contribution in [1.82, 2.24) is 0 Å². The molecule has 0 amide bonds. The molecular formula is C13H14O3. The van der Waals surface area contributed by atoms with E-state index >= 15 is 0 Å². The average Bonchev–Trinajstić information content (AvgIpc) is 2.27. The molecule has 0 aliphatic carbocycles. The largest absolute Gasteiger partial charge is 0.496 e. The third kappa shape index (κ3) is 2.08. The summed E-state index contributed by atoms with van der Waals surface area (Å²) in [6.45, 7) is 1.79. The molecule has 1 atom stereocenters. The molecule has 0 fully saturated rings. The van der Waals surface area contributed by atoms with Gasteiger partial charge in [-0.3, -0.25) is 4.79 Å². The second-order valence-corrected chi connectivity index (χ2v) is 3.77. The highest BCUT2D eigenvalue weighted by Gasteiger charge is 2.23. The topological polar surface area (TPSA) is 35.5 Å². The van der Waals surface area contributed by atoms with Gasteiger partial charge in [-0.15, -0.1) is 0 Å². The Balaban J connectivity index is 2.31. The molecule has 0 aromatic heterocycles. The van der Waals surface area contributed by atoms with Gasteiger partial charge >= 0.3 is 0 Å². The van der Waals surface area contributed by atoms with Crippen LogP contribution in [0.4, 0.5) is 0 Å². The predicted molar refractivity (Wildman–Crippen MR) is 60.2 cm³/mol. The second kappa shape index (κ2) is 4.39. The Kier molecular flexibility index (Phi) is 2.95. The van der Waals surface area contributed by atoms with Gasteiger partial charge < -0.3 is 9.47 Å². The van der Waals surface area contributed by atoms with Crippen molar-refractivity contribution < 1.29 is 14.3 Å². The zero-order valence-corrected chi connectivity index (χ0v) is 9.40. The number of ether oxygens (including phenoxy) is 2. The van der Waals surface area contributed by atoms with Crippen molar-refractivity contribution in [3.63, 3.8) is 0 Å². The minimum atomic E-state index is -0.228. The summed E-state index contributed by atoms with van der Waals surface area (Å²) in [6.07, 6.45) is 1.68. The van der Waals surface area contributed by atoms with Crippen LogP contribution in [0.15, 0.2) is 36.1 Å². The van der Waals surface area contributed by atoms with Gasteiger partial charge in [0.2, 0.25) is 0 Å². The summed E-state index contributed by atoms with van der Waals surface area (Å²) in [6, 6.07) is 7.61. The van der Waals surface area contributed by atoms with Crippen LogP contribution in [0, 0.1) is 0 Å². The van der Waals surface area contributed by atoms with E-state index in [4.69, 9.17) is 9.47 Å². The molecule has 0 saturated heterocycles.